The average molecular weight is 373 g/mol. The fourth-order valence-electron chi connectivity index (χ4n) is 2.96. The Balaban J connectivity index is 1.64. The van der Waals surface area contributed by atoms with Crippen LogP contribution in [0, 0.1) is 6.92 Å². The van der Waals surface area contributed by atoms with Crippen molar-refractivity contribution in [2.24, 2.45) is 0 Å². The number of hydrogen-bond donors (Lipinski definition) is 3. The number of nitrogens with one attached hydrogen (secondary N) is 2. The minimum absolute atomic E-state index is 0.197. The lowest BCUT2D eigenvalue weighted by atomic mass is 10.0. The van der Waals surface area contributed by atoms with E-state index in [0.29, 0.717) is 12.2 Å². The standard InChI is InChI=1S/C21H19N5O2/c1-13-11-23-19(12-22-13)21(28)26-18(10-14-6-8-15(27)9-7-14)20-24-16-4-2-3-5-17(16)25-20/h2-9,11-12,18,27H,10H2,1H3,(H,24,25)(H,26,28)/t18-/m1/s1. The first-order valence-electron chi connectivity index (χ1n) is 8.90. The number of benzene rings is 2. The number of imidazole rings is 1. The quantitative estimate of drug-likeness (QED) is 0.499. The van der Waals surface area contributed by atoms with Gasteiger partial charge in [0.1, 0.15) is 17.3 Å². The highest BCUT2D eigenvalue weighted by Crippen LogP contribution is 2.21. The van der Waals surface area contributed by atoms with Crippen molar-refractivity contribution >= 4 is 16.9 Å². The highest BCUT2D eigenvalue weighted by Gasteiger charge is 2.21. The summed E-state index contributed by atoms with van der Waals surface area (Å²) >= 11 is 0. The Bertz CT molecular complexity index is 1070. The molecule has 2 aromatic carbocycles. The third-order valence-corrected chi connectivity index (χ3v) is 4.43. The summed E-state index contributed by atoms with van der Waals surface area (Å²) in [5.74, 6) is 0.530. The third kappa shape index (κ3) is 3.83. The van der Waals surface area contributed by atoms with Crippen LogP contribution >= 0.6 is 0 Å². The molecule has 0 saturated heterocycles. The summed E-state index contributed by atoms with van der Waals surface area (Å²) < 4.78 is 0. The van der Waals surface area contributed by atoms with E-state index < -0.39 is 6.04 Å². The van der Waals surface area contributed by atoms with Crippen molar-refractivity contribution in [1.82, 2.24) is 25.3 Å². The van der Waals surface area contributed by atoms with Crippen molar-refractivity contribution in [3.63, 3.8) is 0 Å². The summed E-state index contributed by atoms with van der Waals surface area (Å²) in [5.41, 5.74) is 3.68. The van der Waals surface area contributed by atoms with E-state index in [1.807, 2.05) is 43.3 Å². The number of carbonyl (C=O) groups is 1. The molecule has 4 aromatic rings. The summed E-state index contributed by atoms with van der Waals surface area (Å²) in [6, 6.07) is 14.2. The lowest BCUT2D eigenvalue weighted by molar-refractivity contribution is 0.0929. The van der Waals surface area contributed by atoms with Gasteiger partial charge in [-0.3, -0.25) is 9.78 Å². The maximum absolute atomic E-state index is 12.7. The van der Waals surface area contributed by atoms with Crippen LogP contribution in [0.1, 0.15) is 33.6 Å². The molecule has 7 heteroatoms. The molecule has 140 valence electrons. The molecule has 3 N–H and O–H groups in total. The number of fused-ring (bicyclic) bond motifs is 1. The molecule has 1 atom stereocenters. The molecule has 2 aromatic heterocycles. The van der Waals surface area contributed by atoms with Gasteiger partial charge in [0.25, 0.3) is 5.91 Å². The van der Waals surface area contributed by atoms with Gasteiger partial charge >= 0.3 is 0 Å². The van der Waals surface area contributed by atoms with E-state index in [9.17, 15) is 9.90 Å². The predicted molar refractivity (Wildman–Crippen MR) is 105 cm³/mol. The maximum atomic E-state index is 12.7. The summed E-state index contributed by atoms with van der Waals surface area (Å²) in [5, 5.41) is 12.5. The van der Waals surface area contributed by atoms with Crippen LogP contribution in [0.25, 0.3) is 11.0 Å². The van der Waals surface area contributed by atoms with Gasteiger partial charge in [0.2, 0.25) is 0 Å². The van der Waals surface area contributed by atoms with Crippen molar-refractivity contribution in [3.05, 3.63) is 83.7 Å². The van der Waals surface area contributed by atoms with Gasteiger partial charge in [-0.25, -0.2) is 9.97 Å². The first kappa shape index (κ1) is 17.7. The van der Waals surface area contributed by atoms with Gasteiger partial charge in [-0.05, 0) is 43.2 Å². The minimum atomic E-state index is -0.396. The summed E-state index contributed by atoms with van der Waals surface area (Å²) in [6.45, 7) is 1.82. The molecule has 0 spiro atoms. The molecule has 2 heterocycles. The Morgan fingerprint density at radius 2 is 1.89 bits per heavy atom. The van der Waals surface area contributed by atoms with E-state index in [4.69, 9.17) is 0 Å². The largest absolute Gasteiger partial charge is 0.508 e. The number of para-hydroxylation sites is 2. The van der Waals surface area contributed by atoms with Crippen LogP contribution < -0.4 is 5.32 Å². The monoisotopic (exact) mass is 373 g/mol. The van der Waals surface area contributed by atoms with Gasteiger partial charge in [-0.1, -0.05) is 24.3 Å². The molecule has 0 saturated carbocycles. The Hall–Kier alpha value is -3.74. The molecule has 4 rings (SSSR count). The van der Waals surface area contributed by atoms with Crippen molar-refractivity contribution < 1.29 is 9.90 Å². The van der Waals surface area contributed by atoms with E-state index in [1.165, 1.54) is 6.20 Å². The number of carbonyl (C=O) groups excluding carboxylic acids is 1. The Morgan fingerprint density at radius 1 is 1.11 bits per heavy atom. The van der Waals surface area contributed by atoms with E-state index >= 15 is 0 Å². The first-order chi connectivity index (χ1) is 13.6. The summed E-state index contributed by atoms with van der Waals surface area (Å²) in [4.78, 5) is 28.9. The average Bonchev–Trinajstić information content (AvgIpc) is 3.14. The van der Waals surface area contributed by atoms with Crippen LogP contribution in [0.2, 0.25) is 0 Å². The molecular formula is C21H19N5O2. The normalized spacial score (nSPS) is 12.0. The van der Waals surface area contributed by atoms with Crippen LogP contribution in [-0.2, 0) is 6.42 Å². The van der Waals surface area contributed by atoms with Crippen molar-refractivity contribution in [2.45, 2.75) is 19.4 Å². The van der Waals surface area contributed by atoms with Crippen LogP contribution in [0.4, 0.5) is 0 Å². The van der Waals surface area contributed by atoms with Gasteiger partial charge in [0.05, 0.1) is 29.0 Å². The number of aryl methyl sites for hydroxylation is 1. The van der Waals surface area contributed by atoms with E-state index in [0.717, 1.165) is 22.3 Å². The highest BCUT2D eigenvalue weighted by molar-refractivity contribution is 5.92. The Kier molecular flexibility index (Phi) is 4.72. The molecule has 0 fully saturated rings. The molecule has 28 heavy (non-hydrogen) atoms. The summed E-state index contributed by atoms with van der Waals surface area (Å²) in [7, 11) is 0. The minimum Gasteiger partial charge on any atom is -0.508 e. The number of phenolic OH excluding ortho intramolecular Hbond substituents is 1. The molecule has 0 aliphatic rings. The smallest absolute Gasteiger partial charge is 0.272 e. The zero-order valence-electron chi connectivity index (χ0n) is 15.3. The molecule has 0 unspecified atom stereocenters. The van der Waals surface area contributed by atoms with E-state index in [2.05, 4.69) is 25.3 Å². The lowest BCUT2D eigenvalue weighted by Crippen LogP contribution is -2.31. The fourth-order valence-corrected chi connectivity index (χ4v) is 2.96. The lowest BCUT2D eigenvalue weighted by Gasteiger charge is -2.17. The molecule has 0 aliphatic heterocycles. The number of rotatable bonds is 5. The molecule has 0 radical (unpaired) electrons. The SMILES string of the molecule is Cc1cnc(C(=O)N[C@H](Cc2ccc(O)cc2)c2nc3ccccc3[nH]2)cn1. The zero-order valence-corrected chi connectivity index (χ0v) is 15.3. The summed E-state index contributed by atoms with van der Waals surface area (Å²) in [6.07, 6.45) is 3.52. The Labute approximate surface area is 161 Å². The van der Waals surface area contributed by atoms with Crippen molar-refractivity contribution in [2.75, 3.05) is 0 Å². The van der Waals surface area contributed by atoms with Gasteiger partial charge in [0.15, 0.2) is 0 Å². The predicted octanol–water partition coefficient (Wildman–Crippen LogP) is 3.08. The second kappa shape index (κ2) is 7.48. The number of nitrogens with zero attached hydrogens (tertiary/aromatic N) is 3. The fraction of sp³-hybridized carbons (Fsp3) is 0.143. The number of phenols is 1. The van der Waals surface area contributed by atoms with Crippen LogP contribution in [0.5, 0.6) is 5.75 Å². The van der Waals surface area contributed by atoms with Crippen molar-refractivity contribution in [3.8, 4) is 5.75 Å². The Morgan fingerprint density at radius 3 is 2.61 bits per heavy atom. The third-order valence-electron chi connectivity index (χ3n) is 4.43. The second-order valence-electron chi connectivity index (χ2n) is 6.58. The molecular weight excluding hydrogens is 354 g/mol. The topological polar surface area (TPSA) is 104 Å². The van der Waals surface area contributed by atoms with Crippen LogP contribution in [0.3, 0.4) is 0 Å². The molecule has 7 nitrogen and oxygen atoms in total. The number of aromatic amines is 1. The first-order valence-corrected chi connectivity index (χ1v) is 8.90. The van der Waals surface area contributed by atoms with Gasteiger partial charge in [-0.2, -0.15) is 0 Å². The van der Waals surface area contributed by atoms with E-state index in [1.54, 1.807) is 18.3 Å². The number of aromatic hydroxyl groups is 1. The number of aromatic nitrogens is 4. The van der Waals surface area contributed by atoms with Crippen molar-refractivity contribution in [1.29, 1.82) is 0 Å². The number of H-pyrrole nitrogens is 1. The van der Waals surface area contributed by atoms with Crippen LogP contribution in [-0.4, -0.2) is 30.9 Å². The van der Waals surface area contributed by atoms with Gasteiger partial charge in [-0.15, -0.1) is 0 Å². The maximum Gasteiger partial charge on any atom is 0.272 e. The van der Waals surface area contributed by atoms with E-state index in [-0.39, 0.29) is 17.4 Å². The van der Waals surface area contributed by atoms with Gasteiger partial charge in [0, 0.05) is 6.20 Å². The molecule has 1 amide bonds. The van der Waals surface area contributed by atoms with Crippen LogP contribution in [0.15, 0.2) is 60.9 Å². The molecule has 0 bridgehead atoms. The zero-order chi connectivity index (χ0) is 19.5. The molecule has 0 aliphatic carbocycles. The number of amides is 1. The number of hydrogen-bond acceptors (Lipinski definition) is 5. The highest BCUT2D eigenvalue weighted by atomic mass is 16.3. The second-order valence-corrected chi connectivity index (χ2v) is 6.58. The van der Waals surface area contributed by atoms with Gasteiger partial charge < -0.3 is 15.4 Å².